The minimum Gasteiger partial charge on any atom is -0.363 e. The van der Waals surface area contributed by atoms with Crippen LogP contribution in [0, 0.1) is 10.1 Å². The molecular formula is C9H9ClN6O2. The molecule has 94 valence electrons. The van der Waals surface area contributed by atoms with E-state index in [0.29, 0.717) is 18.2 Å². The van der Waals surface area contributed by atoms with Crippen LogP contribution in [0.25, 0.3) is 0 Å². The van der Waals surface area contributed by atoms with Crippen LogP contribution in [-0.2, 0) is 13.6 Å². The van der Waals surface area contributed by atoms with Gasteiger partial charge in [-0.1, -0.05) is 11.6 Å². The third kappa shape index (κ3) is 2.72. The molecule has 8 nitrogen and oxygen atoms in total. The van der Waals surface area contributed by atoms with Crippen LogP contribution >= 0.6 is 11.6 Å². The van der Waals surface area contributed by atoms with Crippen LogP contribution < -0.4 is 5.32 Å². The van der Waals surface area contributed by atoms with Gasteiger partial charge in [-0.05, 0) is 0 Å². The van der Waals surface area contributed by atoms with Crippen LogP contribution in [0.15, 0.2) is 18.5 Å². The molecule has 2 rings (SSSR count). The number of nitrogens with zero attached hydrogens (tertiary/aromatic N) is 5. The molecule has 2 aromatic heterocycles. The Morgan fingerprint density at radius 3 is 2.94 bits per heavy atom. The summed E-state index contributed by atoms with van der Waals surface area (Å²) in [6.07, 6.45) is 1.56. The highest BCUT2D eigenvalue weighted by atomic mass is 35.5. The maximum atomic E-state index is 10.7. The molecule has 1 N–H and O–H groups in total. The first-order chi connectivity index (χ1) is 8.56. The molecule has 0 bridgehead atoms. The van der Waals surface area contributed by atoms with Crippen molar-refractivity contribution >= 4 is 23.1 Å². The molecule has 0 saturated carbocycles. The Bertz CT molecular complexity index is 584. The highest BCUT2D eigenvalue weighted by molar-refractivity contribution is 6.29. The number of aryl methyl sites for hydroxylation is 1. The van der Waals surface area contributed by atoms with Gasteiger partial charge in [-0.3, -0.25) is 10.1 Å². The summed E-state index contributed by atoms with van der Waals surface area (Å²) in [6, 6.07) is 2.50. The number of hydrogen-bond donors (Lipinski definition) is 1. The van der Waals surface area contributed by atoms with Crippen molar-refractivity contribution < 1.29 is 4.92 Å². The minimum absolute atomic E-state index is 0.0599. The van der Waals surface area contributed by atoms with Gasteiger partial charge in [0.05, 0.1) is 23.6 Å². The number of nitro groups is 1. The predicted octanol–water partition coefficient (Wildman–Crippen LogP) is 1.38. The van der Waals surface area contributed by atoms with E-state index in [9.17, 15) is 10.1 Å². The van der Waals surface area contributed by atoms with E-state index in [4.69, 9.17) is 11.6 Å². The van der Waals surface area contributed by atoms with E-state index >= 15 is 0 Å². The molecule has 0 amide bonds. The molecule has 18 heavy (non-hydrogen) atoms. The fourth-order valence-corrected chi connectivity index (χ4v) is 1.52. The minimum atomic E-state index is -0.527. The molecule has 2 aromatic rings. The van der Waals surface area contributed by atoms with Gasteiger partial charge >= 0.3 is 0 Å². The van der Waals surface area contributed by atoms with E-state index in [-0.39, 0.29) is 10.8 Å². The maximum Gasteiger partial charge on any atom is 0.276 e. The molecule has 0 aliphatic carbocycles. The maximum absolute atomic E-state index is 10.7. The van der Waals surface area contributed by atoms with Crippen molar-refractivity contribution in [2.75, 3.05) is 5.32 Å². The van der Waals surface area contributed by atoms with Crippen molar-refractivity contribution in [2.45, 2.75) is 6.54 Å². The molecule has 0 unspecified atom stereocenters. The zero-order chi connectivity index (χ0) is 13.1. The fourth-order valence-electron chi connectivity index (χ4n) is 1.32. The van der Waals surface area contributed by atoms with Gasteiger partial charge < -0.3 is 9.88 Å². The first kappa shape index (κ1) is 12.2. The summed E-state index contributed by atoms with van der Waals surface area (Å²) in [6.45, 7) is 0.348. The second-order valence-corrected chi connectivity index (χ2v) is 3.89. The summed E-state index contributed by atoms with van der Waals surface area (Å²) in [4.78, 5) is 14.1. The van der Waals surface area contributed by atoms with Crippen molar-refractivity contribution in [2.24, 2.45) is 7.05 Å². The Morgan fingerprint density at radius 1 is 1.56 bits per heavy atom. The summed E-state index contributed by atoms with van der Waals surface area (Å²) < 4.78 is 1.73. The predicted molar refractivity (Wildman–Crippen MR) is 64.2 cm³/mol. The lowest BCUT2D eigenvalue weighted by molar-refractivity contribution is -0.384. The number of rotatable bonds is 4. The van der Waals surface area contributed by atoms with Crippen molar-refractivity contribution in [3.8, 4) is 0 Å². The third-order valence-electron chi connectivity index (χ3n) is 2.22. The first-order valence-electron chi connectivity index (χ1n) is 4.95. The molecule has 0 aliphatic rings. The van der Waals surface area contributed by atoms with Gasteiger partial charge in [-0.2, -0.15) is 0 Å². The number of hydrogen-bond acceptors (Lipinski definition) is 6. The molecular weight excluding hydrogens is 260 g/mol. The Morgan fingerprint density at radius 2 is 2.33 bits per heavy atom. The van der Waals surface area contributed by atoms with Gasteiger partial charge in [0.25, 0.3) is 5.69 Å². The molecule has 9 heteroatoms. The molecule has 2 heterocycles. The number of aromatic nitrogens is 4. The second kappa shape index (κ2) is 4.96. The van der Waals surface area contributed by atoms with Crippen LogP contribution in [0.1, 0.15) is 5.82 Å². The van der Waals surface area contributed by atoms with E-state index in [0.717, 1.165) is 0 Å². The summed E-state index contributed by atoms with van der Waals surface area (Å²) in [5, 5.41) is 21.2. The molecule has 0 aromatic carbocycles. The molecule has 0 radical (unpaired) electrons. The fraction of sp³-hybridized carbons (Fsp3) is 0.222. The van der Waals surface area contributed by atoms with Gasteiger partial charge in [0.1, 0.15) is 17.3 Å². The van der Waals surface area contributed by atoms with E-state index in [1.54, 1.807) is 17.9 Å². The Kier molecular flexibility index (Phi) is 3.38. The van der Waals surface area contributed by atoms with Crippen LogP contribution in [0.3, 0.4) is 0 Å². The summed E-state index contributed by atoms with van der Waals surface area (Å²) in [5.74, 6) is 0.997. The lowest BCUT2D eigenvalue weighted by Gasteiger charge is -2.05. The standard InChI is InChI=1S/C9H9ClN6O2/c1-15-5-12-14-9(15)4-11-8-3-6(16(17)18)2-7(10)13-8/h2-3,5H,4H2,1H3,(H,11,13). The zero-order valence-electron chi connectivity index (χ0n) is 9.37. The Labute approximate surface area is 107 Å². The van der Waals surface area contributed by atoms with E-state index in [1.807, 2.05) is 0 Å². The topological polar surface area (TPSA) is 98.8 Å². The first-order valence-corrected chi connectivity index (χ1v) is 5.33. The van der Waals surface area contributed by atoms with E-state index in [1.165, 1.54) is 12.1 Å². The monoisotopic (exact) mass is 268 g/mol. The Hall–Kier alpha value is -2.22. The van der Waals surface area contributed by atoms with Crippen molar-refractivity contribution in [1.29, 1.82) is 0 Å². The smallest absolute Gasteiger partial charge is 0.276 e. The van der Waals surface area contributed by atoms with Gasteiger partial charge in [0.15, 0.2) is 5.82 Å². The number of halogens is 1. The van der Waals surface area contributed by atoms with Crippen LogP contribution in [0.4, 0.5) is 11.5 Å². The van der Waals surface area contributed by atoms with Gasteiger partial charge in [-0.15, -0.1) is 10.2 Å². The zero-order valence-corrected chi connectivity index (χ0v) is 10.1. The van der Waals surface area contributed by atoms with Crippen LogP contribution in [-0.4, -0.2) is 24.7 Å². The van der Waals surface area contributed by atoms with Crippen LogP contribution in [0.2, 0.25) is 5.15 Å². The van der Waals surface area contributed by atoms with Crippen LogP contribution in [0.5, 0.6) is 0 Å². The molecule has 0 aliphatic heterocycles. The third-order valence-corrected chi connectivity index (χ3v) is 2.42. The molecule has 0 spiro atoms. The molecule has 0 fully saturated rings. The largest absolute Gasteiger partial charge is 0.363 e. The number of anilines is 1. The van der Waals surface area contributed by atoms with E-state index < -0.39 is 4.92 Å². The summed E-state index contributed by atoms with van der Waals surface area (Å²) >= 11 is 5.70. The quantitative estimate of drug-likeness (QED) is 0.511. The molecule has 0 atom stereocenters. The average Bonchev–Trinajstić information content (AvgIpc) is 2.71. The van der Waals surface area contributed by atoms with Crippen molar-refractivity contribution in [3.05, 3.63) is 39.6 Å². The van der Waals surface area contributed by atoms with E-state index in [2.05, 4.69) is 20.5 Å². The van der Waals surface area contributed by atoms with Crippen molar-refractivity contribution in [3.63, 3.8) is 0 Å². The average molecular weight is 269 g/mol. The highest BCUT2D eigenvalue weighted by Gasteiger charge is 2.10. The lowest BCUT2D eigenvalue weighted by Crippen LogP contribution is -2.07. The second-order valence-electron chi connectivity index (χ2n) is 3.50. The summed E-state index contributed by atoms with van der Waals surface area (Å²) in [7, 11) is 1.80. The summed E-state index contributed by atoms with van der Waals surface area (Å²) in [5.41, 5.74) is -0.115. The number of pyridine rings is 1. The normalized spacial score (nSPS) is 10.3. The molecule has 0 saturated heterocycles. The SMILES string of the molecule is Cn1cnnc1CNc1cc([N+](=O)[O-])cc(Cl)n1. The lowest BCUT2D eigenvalue weighted by atomic mass is 10.4. The number of nitrogens with one attached hydrogen (secondary N) is 1. The van der Waals surface area contributed by atoms with Crippen molar-refractivity contribution in [1.82, 2.24) is 19.7 Å². The van der Waals surface area contributed by atoms with Gasteiger partial charge in [0.2, 0.25) is 0 Å². The van der Waals surface area contributed by atoms with Gasteiger partial charge in [-0.25, -0.2) is 4.98 Å². The Balaban J connectivity index is 2.14. The van der Waals surface area contributed by atoms with Gasteiger partial charge in [0, 0.05) is 7.05 Å². The highest BCUT2D eigenvalue weighted by Crippen LogP contribution is 2.20.